The first-order chi connectivity index (χ1) is 20.0. The average Bonchev–Trinajstić information content (AvgIpc) is 3.65. The first kappa shape index (κ1) is 28.9. The highest BCUT2D eigenvalue weighted by molar-refractivity contribution is 6.30. The number of aromatic nitrogens is 8. The summed E-state index contributed by atoms with van der Waals surface area (Å²) in [7, 11) is 0. The van der Waals surface area contributed by atoms with Crippen molar-refractivity contribution in [1.29, 1.82) is 0 Å². The lowest BCUT2D eigenvalue weighted by atomic mass is 10.1. The summed E-state index contributed by atoms with van der Waals surface area (Å²) in [6.07, 6.45) is -4.85. The number of carbonyl (C=O) groups is 1. The van der Waals surface area contributed by atoms with Gasteiger partial charge in [-0.3, -0.25) is 14.3 Å². The largest absolute Gasteiger partial charge is 0.416 e. The minimum Gasteiger partial charge on any atom is -0.382 e. The number of rotatable bonds is 10. The Balaban J connectivity index is 1.40. The minimum atomic E-state index is -4.95. The molecule has 0 aliphatic heterocycles. The molecule has 0 spiro atoms. The molecule has 1 aromatic carbocycles. The number of pyridine rings is 1. The van der Waals surface area contributed by atoms with Gasteiger partial charge in [-0.15, -0.1) is 10.2 Å². The van der Waals surface area contributed by atoms with E-state index >= 15 is 0 Å². The zero-order valence-corrected chi connectivity index (χ0v) is 22.6. The van der Waals surface area contributed by atoms with E-state index in [9.17, 15) is 27.9 Å². The number of aliphatic hydroxyl groups is 1. The van der Waals surface area contributed by atoms with Gasteiger partial charge in [0.25, 0.3) is 0 Å². The van der Waals surface area contributed by atoms with Crippen molar-refractivity contribution in [3.8, 4) is 17.1 Å². The molecule has 4 heterocycles. The van der Waals surface area contributed by atoms with Crippen LogP contribution < -0.4 is 5.69 Å². The maximum atomic E-state index is 13.1. The number of carbonyl (C=O) groups excluding carboxylic acids is 1. The standard InChI is InChI=1S/C26H22ClF3N8O4/c1-15-9-19(42-35-15)10-18(39)11-20-21(3-2-8-31-20)38-14-32-23(33-38)13-37-25(41)36(12-22(40)26(28,29)30)24(34-37)16-4-6-17(27)7-5-16/h2-9,14,22,40H,10-13H2,1H3/t22-/m0/s1. The van der Waals surface area contributed by atoms with E-state index < -0.39 is 24.5 Å². The summed E-state index contributed by atoms with van der Waals surface area (Å²) in [5.74, 6) is 0.274. The zero-order valence-electron chi connectivity index (χ0n) is 21.9. The number of hydrogen-bond donors (Lipinski definition) is 1. The number of nitrogens with zero attached hydrogens (tertiary/aromatic N) is 8. The van der Waals surface area contributed by atoms with E-state index in [1.807, 2.05) is 0 Å². The normalized spacial score (nSPS) is 12.5. The van der Waals surface area contributed by atoms with Crippen LogP contribution in [0.4, 0.5) is 13.2 Å². The second-order valence-corrected chi connectivity index (χ2v) is 9.78. The predicted molar refractivity (Wildman–Crippen MR) is 141 cm³/mol. The van der Waals surface area contributed by atoms with Gasteiger partial charge in [0.2, 0.25) is 0 Å². The fourth-order valence-corrected chi connectivity index (χ4v) is 4.26. The fraction of sp³-hybridized carbons (Fsp3) is 0.269. The van der Waals surface area contributed by atoms with Crippen LogP contribution in [0, 0.1) is 6.92 Å². The lowest BCUT2D eigenvalue weighted by Crippen LogP contribution is -2.37. The van der Waals surface area contributed by atoms with Crippen molar-refractivity contribution in [3.05, 3.63) is 93.5 Å². The molecule has 0 unspecified atom stereocenters. The van der Waals surface area contributed by atoms with Crippen LogP contribution in [0.25, 0.3) is 17.1 Å². The van der Waals surface area contributed by atoms with Crippen molar-refractivity contribution >= 4 is 17.4 Å². The Morgan fingerprint density at radius 2 is 1.88 bits per heavy atom. The number of alkyl halides is 3. The molecular weight excluding hydrogens is 581 g/mol. The minimum absolute atomic E-state index is 0.0268. The van der Waals surface area contributed by atoms with E-state index in [0.717, 1.165) is 9.25 Å². The van der Waals surface area contributed by atoms with Gasteiger partial charge in [0.1, 0.15) is 24.4 Å². The van der Waals surface area contributed by atoms with E-state index in [1.165, 1.54) is 41.5 Å². The molecule has 0 bridgehead atoms. The zero-order chi connectivity index (χ0) is 30.0. The molecule has 0 saturated carbocycles. The van der Waals surface area contributed by atoms with Crippen LogP contribution in [0.5, 0.6) is 0 Å². The van der Waals surface area contributed by atoms with Gasteiger partial charge in [0, 0.05) is 22.8 Å². The summed E-state index contributed by atoms with van der Waals surface area (Å²) in [6, 6.07) is 11.0. The molecule has 1 N–H and O–H groups in total. The van der Waals surface area contributed by atoms with E-state index in [2.05, 4.69) is 25.3 Å². The van der Waals surface area contributed by atoms with E-state index in [4.69, 9.17) is 16.1 Å². The van der Waals surface area contributed by atoms with Gasteiger partial charge < -0.3 is 9.63 Å². The number of hydrogen-bond acceptors (Lipinski definition) is 9. The van der Waals surface area contributed by atoms with Crippen LogP contribution in [0.15, 0.2) is 64.3 Å². The van der Waals surface area contributed by atoms with Crippen molar-refractivity contribution in [3.63, 3.8) is 0 Å². The molecule has 0 aliphatic carbocycles. The highest BCUT2D eigenvalue weighted by Crippen LogP contribution is 2.24. The summed E-state index contributed by atoms with van der Waals surface area (Å²) < 4.78 is 47.5. The summed E-state index contributed by atoms with van der Waals surface area (Å²) >= 11 is 5.92. The molecule has 0 saturated heterocycles. The van der Waals surface area contributed by atoms with Crippen LogP contribution in [0.3, 0.4) is 0 Å². The quantitative estimate of drug-likeness (QED) is 0.255. The summed E-state index contributed by atoms with van der Waals surface area (Å²) in [4.78, 5) is 34.3. The third-order valence-electron chi connectivity index (χ3n) is 6.11. The third kappa shape index (κ3) is 6.47. The summed E-state index contributed by atoms with van der Waals surface area (Å²) in [6.45, 7) is 0.392. The van der Waals surface area contributed by atoms with Crippen LogP contribution in [-0.2, 0) is 30.7 Å². The molecular formula is C26H22ClF3N8O4. The van der Waals surface area contributed by atoms with Crippen molar-refractivity contribution < 1.29 is 27.6 Å². The smallest absolute Gasteiger partial charge is 0.382 e. The number of aliphatic hydroxyl groups excluding tert-OH is 1. The highest BCUT2D eigenvalue weighted by atomic mass is 35.5. The van der Waals surface area contributed by atoms with Gasteiger partial charge in [-0.2, -0.15) is 13.2 Å². The first-order valence-corrected chi connectivity index (χ1v) is 12.8. The Morgan fingerprint density at radius 1 is 1.12 bits per heavy atom. The maximum Gasteiger partial charge on any atom is 0.416 e. The van der Waals surface area contributed by atoms with Crippen molar-refractivity contribution in [2.45, 2.75) is 45.1 Å². The Morgan fingerprint density at radius 3 is 2.57 bits per heavy atom. The lowest BCUT2D eigenvalue weighted by molar-refractivity contribution is -0.207. The topological polar surface area (TPSA) is 147 Å². The maximum absolute atomic E-state index is 13.1. The molecule has 42 heavy (non-hydrogen) atoms. The number of benzene rings is 1. The van der Waals surface area contributed by atoms with Crippen molar-refractivity contribution in [2.75, 3.05) is 0 Å². The molecule has 0 radical (unpaired) electrons. The van der Waals surface area contributed by atoms with Crippen LogP contribution >= 0.6 is 11.6 Å². The Hall–Kier alpha value is -4.63. The second kappa shape index (κ2) is 11.7. The molecule has 5 aromatic rings. The molecule has 218 valence electrons. The van der Waals surface area contributed by atoms with Gasteiger partial charge in [0.15, 0.2) is 17.8 Å². The van der Waals surface area contributed by atoms with Crippen LogP contribution in [0.2, 0.25) is 5.02 Å². The fourth-order valence-electron chi connectivity index (χ4n) is 4.13. The van der Waals surface area contributed by atoms with Gasteiger partial charge in [-0.25, -0.2) is 19.1 Å². The number of halogens is 4. The number of aryl methyl sites for hydroxylation is 1. The summed E-state index contributed by atoms with van der Waals surface area (Å²) in [5, 5.41) is 22.4. The Labute approximate surface area is 240 Å². The molecule has 12 nitrogen and oxygen atoms in total. The predicted octanol–water partition coefficient (Wildman–Crippen LogP) is 2.96. The molecule has 0 amide bonds. The van der Waals surface area contributed by atoms with Gasteiger partial charge in [-0.05, 0) is 43.3 Å². The number of ketones is 1. The van der Waals surface area contributed by atoms with Crippen molar-refractivity contribution in [2.24, 2.45) is 0 Å². The molecule has 5 rings (SSSR count). The molecule has 0 aliphatic rings. The molecule has 16 heteroatoms. The molecule has 4 aromatic heterocycles. The first-order valence-electron chi connectivity index (χ1n) is 12.4. The van der Waals surface area contributed by atoms with Gasteiger partial charge >= 0.3 is 11.9 Å². The SMILES string of the molecule is Cc1cc(CC(=O)Cc2ncccc2-n2cnc(Cn3nc(-c4ccc(Cl)cc4)n(C[C@H](O)C(F)(F)F)c3=O)n2)on1. The summed E-state index contributed by atoms with van der Waals surface area (Å²) in [5.41, 5.74) is 0.949. The van der Waals surface area contributed by atoms with E-state index in [0.29, 0.717) is 33.4 Å². The average molecular weight is 603 g/mol. The molecule has 1 atom stereocenters. The van der Waals surface area contributed by atoms with E-state index in [-0.39, 0.29) is 36.8 Å². The second-order valence-electron chi connectivity index (χ2n) is 9.34. The third-order valence-corrected chi connectivity index (χ3v) is 6.37. The molecule has 0 fully saturated rings. The van der Waals surface area contributed by atoms with E-state index in [1.54, 1.807) is 25.1 Å². The Bertz CT molecular complexity index is 1770. The van der Waals surface area contributed by atoms with Crippen LogP contribution in [-0.4, -0.2) is 62.4 Å². The Kier molecular flexibility index (Phi) is 8.04. The van der Waals surface area contributed by atoms with Crippen molar-refractivity contribution in [1.82, 2.24) is 39.3 Å². The monoisotopic (exact) mass is 602 g/mol. The number of Topliss-reactive ketones (excluding diaryl/α,β-unsaturated/α-hetero) is 1. The van der Waals surface area contributed by atoms with Gasteiger partial charge in [-0.1, -0.05) is 16.8 Å². The lowest BCUT2D eigenvalue weighted by Gasteiger charge is -2.15. The highest BCUT2D eigenvalue weighted by Gasteiger charge is 2.39. The van der Waals surface area contributed by atoms with Crippen LogP contribution in [0.1, 0.15) is 23.0 Å². The van der Waals surface area contributed by atoms with Gasteiger partial charge in [0.05, 0.1) is 36.5 Å².